The molecule has 1 aromatic carbocycles. The van der Waals surface area contributed by atoms with E-state index in [0.29, 0.717) is 12.1 Å². The van der Waals surface area contributed by atoms with Crippen molar-refractivity contribution in [2.24, 2.45) is 0 Å². The fourth-order valence-electron chi connectivity index (χ4n) is 2.37. The normalized spacial score (nSPS) is 18.1. The molecule has 1 aliphatic rings. The second kappa shape index (κ2) is 7.21. The molecule has 0 saturated carbocycles. The Hall–Kier alpha value is -2.43. The maximum absolute atomic E-state index is 14.1. The number of alkyl halides is 3. The molecule has 0 aromatic heterocycles. The van der Waals surface area contributed by atoms with Crippen molar-refractivity contribution < 1.29 is 41.4 Å². The topological polar surface area (TPSA) is 78.9 Å². The Labute approximate surface area is 138 Å². The third-order valence-corrected chi connectivity index (χ3v) is 3.49. The van der Waals surface area contributed by atoms with Crippen LogP contribution in [-0.4, -0.2) is 55.5 Å². The number of halogens is 5. The summed E-state index contributed by atoms with van der Waals surface area (Å²) in [5.74, 6) is -5.54. The monoisotopic (exact) mass is 368 g/mol. The summed E-state index contributed by atoms with van der Waals surface area (Å²) in [4.78, 5) is 22.7. The Kier molecular flexibility index (Phi) is 5.45. The molecule has 25 heavy (non-hydrogen) atoms. The van der Waals surface area contributed by atoms with Crippen LogP contribution in [0.2, 0.25) is 0 Å². The first-order chi connectivity index (χ1) is 11.6. The smallest absolute Gasteiger partial charge is 0.411 e. The summed E-state index contributed by atoms with van der Waals surface area (Å²) in [7, 11) is 0. The van der Waals surface area contributed by atoms with Crippen LogP contribution in [0.1, 0.15) is 10.4 Å². The summed E-state index contributed by atoms with van der Waals surface area (Å²) in [6.07, 6.45) is -4.68. The van der Waals surface area contributed by atoms with Crippen molar-refractivity contribution in [3.63, 3.8) is 0 Å². The summed E-state index contributed by atoms with van der Waals surface area (Å²) in [5, 5.41) is 10.2. The predicted molar refractivity (Wildman–Crippen MR) is 74.3 cm³/mol. The van der Waals surface area contributed by atoms with E-state index in [4.69, 9.17) is 9.84 Å². The number of ether oxygens (including phenoxy) is 1. The molecular weight excluding hydrogens is 355 g/mol. The number of carbonyl (C=O) groups is 2. The highest BCUT2D eigenvalue weighted by atomic mass is 19.4. The Morgan fingerprint density at radius 1 is 1.28 bits per heavy atom. The number of carboxylic acid groups (broad SMARTS) is 1. The van der Waals surface area contributed by atoms with Gasteiger partial charge in [0.2, 0.25) is 0 Å². The van der Waals surface area contributed by atoms with Crippen LogP contribution in [-0.2, 0) is 9.53 Å². The van der Waals surface area contributed by atoms with Gasteiger partial charge in [0.25, 0.3) is 5.91 Å². The number of rotatable bonds is 4. The van der Waals surface area contributed by atoms with Crippen molar-refractivity contribution >= 4 is 17.6 Å². The van der Waals surface area contributed by atoms with E-state index in [9.17, 15) is 31.5 Å². The molecule has 138 valence electrons. The van der Waals surface area contributed by atoms with Gasteiger partial charge in [-0.2, -0.15) is 13.2 Å². The number of anilines is 1. The van der Waals surface area contributed by atoms with Crippen LogP contribution in [0.4, 0.5) is 27.6 Å². The van der Waals surface area contributed by atoms with Crippen molar-refractivity contribution in [2.75, 3.05) is 31.2 Å². The van der Waals surface area contributed by atoms with Crippen molar-refractivity contribution in [3.05, 3.63) is 29.3 Å². The molecule has 0 bridgehead atoms. The molecule has 0 spiro atoms. The van der Waals surface area contributed by atoms with Gasteiger partial charge in [-0.25, -0.2) is 8.78 Å². The molecule has 1 heterocycles. The van der Waals surface area contributed by atoms with Crippen LogP contribution in [0.15, 0.2) is 12.1 Å². The van der Waals surface area contributed by atoms with E-state index in [0.717, 1.165) is 4.90 Å². The van der Waals surface area contributed by atoms with Gasteiger partial charge in [0.15, 0.2) is 0 Å². The predicted octanol–water partition coefficient (Wildman–Crippen LogP) is 1.55. The van der Waals surface area contributed by atoms with Crippen LogP contribution in [0, 0.1) is 11.6 Å². The number of nitrogens with zero attached hydrogens (tertiary/aromatic N) is 1. The highest BCUT2D eigenvalue weighted by molar-refractivity contribution is 5.96. The fourth-order valence-corrected chi connectivity index (χ4v) is 2.37. The highest BCUT2D eigenvalue weighted by Crippen LogP contribution is 2.32. The number of aliphatic carboxylic acids is 1. The molecule has 2 N–H and O–H groups in total. The van der Waals surface area contributed by atoms with Crippen molar-refractivity contribution in [3.8, 4) is 0 Å². The summed E-state index contributed by atoms with van der Waals surface area (Å²) in [5.41, 5.74) is -1.46. The summed E-state index contributed by atoms with van der Waals surface area (Å²) < 4.78 is 72.0. The van der Waals surface area contributed by atoms with Crippen LogP contribution in [0.3, 0.4) is 0 Å². The first-order valence-electron chi connectivity index (χ1n) is 7.01. The Bertz CT molecular complexity index is 657. The molecule has 2 rings (SSSR count). The number of carbonyl (C=O) groups excluding carboxylic acids is 1. The van der Waals surface area contributed by atoms with Gasteiger partial charge in [0.05, 0.1) is 13.2 Å². The average molecular weight is 368 g/mol. The largest absolute Gasteiger partial charge is 0.480 e. The first kappa shape index (κ1) is 18.9. The fraction of sp³-hybridized carbons (Fsp3) is 0.429. The van der Waals surface area contributed by atoms with Gasteiger partial charge < -0.3 is 20.1 Å². The standard InChI is InChI=1S/C14H13F5N2O4/c15-8-3-7(21-1-2-25-6-10(21)14(17,18)19)4-9(16)12(8)13(24)20-5-11(22)23/h3-4,10H,1-2,5-6H2,(H,20,24)(H,22,23). The third kappa shape index (κ3) is 4.35. The number of nitrogens with one attached hydrogen (secondary N) is 1. The maximum atomic E-state index is 14.1. The van der Waals surface area contributed by atoms with Gasteiger partial charge in [-0.15, -0.1) is 0 Å². The molecule has 1 saturated heterocycles. The molecule has 11 heteroatoms. The number of hydrogen-bond acceptors (Lipinski definition) is 4. The highest BCUT2D eigenvalue weighted by Gasteiger charge is 2.45. The molecule has 1 aromatic rings. The lowest BCUT2D eigenvalue weighted by Crippen LogP contribution is -2.53. The number of amides is 1. The molecule has 6 nitrogen and oxygen atoms in total. The second-order valence-electron chi connectivity index (χ2n) is 5.19. The van der Waals surface area contributed by atoms with E-state index in [-0.39, 0.29) is 13.2 Å². The molecule has 0 radical (unpaired) electrons. The molecule has 0 aliphatic carbocycles. The van der Waals surface area contributed by atoms with Gasteiger partial charge >= 0.3 is 12.1 Å². The van der Waals surface area contributed by atoms with E-state index in [1.165, 1.54) is 0 Å². The lowest BCUT2D eigenvalue weighted by Gasteiger charge is -2.38. The van der Waals surface area contributed by atoms with Crippen LogP contribution in [0.25, 0.3) is 0 Å². The quantitative estimate of drug-likeness (QED) is 0.789. The summed E-state index contributed by atoms with van der Waals surface area (Å²) in [6, 6.07) is -0.877. The molecule has 1 fully saturated rings. The molecule has 1 unspecified atom stereocenters. The number of benzene rings is 1. The van der Waals surface area contributed by atoms with Gasteiger partial charge in [0.1, 0.15) is 29.8 Å². The van der Waals surface area contributed by atoms with Crippen LogP contribution in [0.5, 0.6) is 0 Å². The molecule has 1 atom stereocenters. The van der Waals surface area contributed by atoms with Gasteiger partial charge in [-0.3, -0.25) is 9.59 Å². The number of hydrogen-bond donors (Lipinski definition) is 2. The maximum Gasteiger partial charge on any atom is 0.411 e. The Balaban J connectivity index is 2.32. The van der Waals surface area contributed by atoms with Crippen LogP contribution < -0.4 is 10.2 Å². The Morgan fingerprint density at radius 3 is 2.40 bits per heavy atom. The van der Waals surface area contributed by atoms with Crippen molar-refractivity contribution in [1.82, 2.24) is 5.32 Å². The second-order valence-corrected chi connectivity index (χ2v) is 5.19. The number of carboxylic acids is 1. The molecule has 1 aliphatic heterocycles. The van der Waals surface area contributed by atoms with Gasteiger partial charge in [-0.05, 0) is 12.1 Å². The van der Waals surface area contributed by atoms with Crippen molar-refractivity contribution in [1.29, 1.82) is 0 Å². The van der Waals surface area contributed by atoms with Crippen LogP contribution >= 0.6 is 0 Å². The van der Waals surface area contributed by atoms with E-state index in [2.05, 4.69) is 0 Å². The summed E-state index contributed by atoms with van der Waals surface area (Å²) >= 11 is 0. The zero-order valence-corrected chi connectivity index (χ0v) is 12.6. The van der Waals surface area contributed by atoms with E-state index in [1.807, 2.05) is 0 Å². The average Bonchev–Trinajstić information content (AvgIpc) is 2.51. The van der Waals surface area contributed by atoms with E-state index < -0.39 is 60.1 Å². The SMILES string of the molecule is O=C(O)CNC(=O)c1c(F)cc(N2CCOCC2C(F)(F)F)cc1F. The van der Waals surface area contributed by atoms with Crippen molar-refractivity contribution in [2.45, 2.75) is 12.2 Å². The van der Waals surface area contributed by atoms with E-state index in [1.54, 1.807) is 5.32 Å². The zero-order chi connectivity index (χ0) is 18.8. The van der Waals surface area contributed by atoms with E-state index >= 15 is 0 Å². The first-order valence-corrected chi connectivity index (χ1v) is 7.01. The van der Waals surface area contributed by atoms with Gasteiger partial charge in [-0.1, -0.05) is 0 Å². The molecule has 1 amide bonds. The third-order valence-electron chi connectivity index (χ3n) is 3.49. The molecular formula is C14H13F5N2O4. The lowest BCUT2D eigenvalue weighted by molar-refractivity contribution is -0.167. The minimum atomic E-state index is -4.68. The number of morpholine rings is 1. The van der Waals surface area contributed by atoms with Gasteiger partial charge in [0, 0.05) is 12.2 Å². The lowest BCUT2D eigenvalue weighted by atomic mass is 10.1. The Morgan fingerprint density at radius 2 is 1.88 bits per heavy atom. The zero-order valence-electron chi connectivity index (χ0n) is 12.6. The minimum absolute atomic E-state index is 0.0589. The minimum Gasteiger partial charge on any atom is -0.480 e. The summed E-state index contributed by atoms with van der Waals surface area (Å²) in [6.45, 7) is -1.85.